The molecule has 7 nitrogen and oxygen atoms in total. The number of alkyl halides is 3. The van der Waals surface area contributed by atoms with Gasteiger partial charge in [-0.25, -0.2) is 0 Å². The van der Waals surface area contributed by atoms with E-state index in [1.807, 2.05) is 4.90 Å². The Morgan fingerprint density at radius 1 is 1.26 bits per heavy atom. The molecule has 1 aliphatic rings. The van der Waals surface area contributed by atoms with E-state index in [9.17, 15) is 22.8 Å². The van der Waals surface area contributed by atoms with Gasteiger partial charge in [0.2, 0.25) is 11.8 Å². The number of likely N-dealkylation sites (N-methyl/N-ethyl adjacent to an activating group) is 1. The summed E-state index contributed by atoms with van der Waals surface area (Å²) in [6.07, 6.45) is 0.316. The van der Waals surface area contributed by atoms with E-state index in [4.69, 9.17) is 0 Å². The van der Waals surface area contributed by atoms with Gasteiger partial charge < -0.3 is 15.5 Å². The molecule has 0 aliphatic carbocycles. The minimum absolute atomic E-state index is 0.104. The standard InChI is InChI=1S/C17H24F3N5O2/c1-25-10-12(16(27)23-5-4-13-9-21-6-7-22-13)2-3-14(11-25)24-15(26)8-17(18,19)20/h6-7,9,12,14H,2-5,8,10-11H2,1H3,(H,23,27)(H,24,26)/t12-,14+/m1/s1. The Morgan fingerprint density at radius 2 is 2.04 bits per heavy atom. The Labute approximate surface area is 155 Å². The van der Waals surface area contributed by atoms with E-state index in [-0.39, 0.29) is 11.8 Å². The summed E-state index contributed by atoms with van der Waals surface area (Å²) < 4.78 is 36.9. The van der Waals surface area contributed by atoms with Crippen LogP contribution in [0.1, 0.15) is 25.0 Å². The molecule has 150 valence electrons. The lowest BCUT2D eigenvalue weighted by molar-refractivity contribution is -0.154. The van der Waals surface area contributed by atoms with E-state index in [1.165, 1.54) is 0 Å². The zero-order chi connectivity index (χ0) is 19.9. The average Bonchev–Trinajstić information content (AvgIpc) is 2.75. The lowest BCUT2D eigenvalue weighted by Crippen LogP contribution is -2.43. The maximum Gasteiger partial charge on any atom is 0.397 e. The number of rotatable bonds is 6. The van der Waals surface area contributed by atoms with Crippen LogP contribution >= 0.6 is 0 Å². The van der Waals surface area contributed by atoms with Crippen LogP contribution < -0.4 is 10.6 Å². The van der Waals surface area contributed by atoms with Gasteiger partial charge in [-0.2, -0.15) is 13.2 Å². The van der Waals surface area contributed by atoms with Crippen molar-refractivity contribution in [1.29, 1.82) is 0 Å². The van der Waals surface area contributed by atoms with Crippen LogP contribution in [-0.4, -0.2) is 65.6 Å². The lowest BCUT2D eigenvalue weighted by atomic mass is 10.0. The summed E-state index contributed by atoms with van der Waals surface area (Å²) in [7, 11) is 1.79. The number of carbonyl (C=O) groups excluding carboxylic acids is 2. The van der Waals surface area contributed by atoms with Crippen LogP contribution in [0.25, 0.3) is 0 Å². The predicted molar refractivity (Wildman–Crippen MR) is 91.6 cm³/mol. The molecule has 2 amide bonds. The molecule has 1 aromatic heterocycles. The van der Waals surface area contributed by atoms with Crippen molar-refractivity contribution in [1.82, 2.24) is 25.5 Å². The third kappa shape index (κ3) is 7.90. The highest BCUT2D eigenvalue weighted by Gasteiger charge is 2.33. The molecule has 2 N–H and O–H groups in total. The Morgan fingerprint density at radius 3 is 2.70 bits per heavy atom. The van der Waals surface area contributed by atoms with Crippen molar-refractivity contribution >= 4 is 11.8 Å². The molecule has 0 unspecified atom stereocenters. The van der Waals surface area contributed by atoms with E-state index >= 15 is 0 Å². The molecule has 0 spiro atoms. The van der Waals surface area contributed by atoms with E-state index in [1.54, 1.807) is 25.6 Å². The van der Waals surface area contributed by atoms with Crippen molar-refractivity contribution in [2.24, 2.45) is 5.92 Å². The van der Waals surface area contributed by atoms with Crippen molar-refractivity contribution in [2.45, 2.75) is 37.9 Å². The molecule has 1 fully saturated rings. The van der Waals surface area contributed by atoms with Crippen molar-refractivity contribution in [3.63, 3.8) is 0 Å². The van der Waals surface area contributed by atoms with E-state index in [0.29, 0.717) is 38.9 Å². The maximum absolute atomic E-state index is 12.4. The van der Waals surface area contributed by atoms with Crippen molar-refractivity contribution in [2.75, 3.05) is 26.7 Å². The minimum atomic E-state index is -4.52. The van der Waals surface area contributed by atoms with Crippen LogP contribution in [0.2, 0.25) is 0 Å². The average molecular weight is 387 g/mol. The van der Waals surface area contributed by atoms with Gasteiger partial charge in [0.1, 0.15) is 6.42 Å². The van der Waals surface area contributed by atoms with Gasteiger partial charge in [0.15, 0.2) is 0 Å². The first-order valence-corrected chi connectivity index (χ1v) is 8.80. The van der Waals surface area contributed by atoms with E-state index in [0.717, 1.165) is 5.69 Å². The summed E-state index contributed by atoms with van der Waals surface area (Å²) >= 11 is 0. The van der Waals surface area contributed by atoms with E-state index < -0.39 is 24.5 Å². The molecule has 2 rings (SSSR count). The molecule has 0 aromatic carbocycles. The predicted octanol–water partition coefficient (Wildman–Crippen LogP) is 0.914. The maximum atomic E-state index is 12.4. The van der Waals surface area contributed by atoms with Crippen molar-refractivity contribution < 1.29 is 22.8 Å². The van der Waals surface area contributed by atoms with Crippen LogP contribution in [0.4, 0.5) is 13.2 Å². The molecule has 1 saturated heterocycles. The number of carbonyl (C=O) groups is 2. The highest BCUT2D eigenvalue weighted by Crippen LogP contribution is 2.20. The largest absolute Gasteiger partial charge is 0.397 e. The van der Waals surface area contributed by atoms with E-state index in [2.05, 4.69) is 20.6 Å². The first kappa shape index (κ1) is 21.1. The molecule has 0 radical (unpaired) electrons. The second kappa shape index (κ2) is 9.63. The molecular formula is C17H24F3N5O2. The first-order chi connectivity index (χ1) is 12.7. The Balaban J connectivity index is 1.78. The zero-order valence-electron chi connectivity index (χ0n) is 15.1. The second-order valence-corrected chi connectivity index (χ2v) is 6.79. The Kier molecular flexibility index (Phi) is 7.52. The highest BCUT2D eigenvalue weighted by molar-refractivity contribution is 5.79. The number of aromatic nitrogens is 2. The monoisotopic (exact) mass is 387 g/mol. The number of hydrogen-bond donors (Lipinski definition) is 2. The SMILES string of the molecule is CN1C[C@@H](NC(=O)CC(F)(F)F)CC[C@@H](C(=O)NCCc2cnccn2)C1. The summed E-state index contributed by atoms with van der Waals surface area (Å²) in [5.41, 5.74) is 0.781. The molecule has 10 heteroatoms. The molecular weight excluding hydrogens is 363 g/mol. The summed E-state index contributed by atoms with van der Waals surface area (Å²) in [6, 6.07) is -0.401. The van der Waals surface area contributed by atoms with Gasteiger partial charge in [-0.3, -0.25) is 19.6 Å². The van der Waals surface area contributed by atoms with Gasteiger partial charge in [-0.15, -0.1) is 0 Å². The normalized spacial score (nSPS) is 21.3. The lowest BCUT2D eigenvalue weighted by Gasteiger charge is -2.22. The summed E-state index contributed by atoms with van der Waals surface area (Å²) in [5.74, 6) is -1.41. The van der Waals surface area contributed by atoms with Gasteiger partial charge in [0.25, 0.3) is 0 Å². The van der Waals surface area contributed by atoms with Crippen LogP contribution in [0.15, 0.2) is 18.6 Å². The molecule has 1 aliphatic heterocycles. The van der Waals surface area contributed by atoms with Crippen LogP contribution in [0, 0.1) is 5.92 Å². The minimum Gasteiger partial charge on any atom is -0.355 e. The van der Waals surface area contributed by atoms with Crippen LogP contribution in [0.5, 0.6) is 0 Å². The Hall–Kier alpha value is -2.23. The summed E-state index contributed by atoms with van der Waals surface area (Å²) in [4.78, 5) is 33.8. The molecule has 1 aromatic rings. The zero-order valence-corrected chi connectivity index (χ0v) is 15.1. The Bertz CT molecular complexity index is 627. The molecule has 0 bridgehead atoms. The smallest absolute Gasteiger partial charge is 0.355 e. The van der Waals surface area contributed by atoms with Crippen molar-refractivity contribution in [3.8, 4) is 0 Å². The fourth-order valence-corrected chi connectivity index (χ4v) is 3.12. The third-order valence-electron chi connectivity index (χ3n) is 4.32. The van der Waals surface area contributed by atoms with Gasteiger partial charge >= 0.3 is 6.18 Å². The summed E-state index contributed by atoms with van der Waals surface area (Å²) in [6.45, 7) is 1.33. The summed E-state index contributed by atoms with van der Waals surface area (Å²) in [5, 5.41) is 5.29. The number of likely N-dealkylation sites (tertiary alicyclic amines) is 1. The topological polar surface area (TPSA) is 87.2 Å². The molecule has 2 atom stereocenters. The second-order valence-electron chi connectivity index (χ2n) is 6.79. The number of hydrogen-bond acceptors (Lipinski definition) is 5. The highest BCUT2D eigenvalue weighted by atomic mass is 19.4. The fourth-order valence-electron chi connectivity index (χ4n) is 3.12. The fraction of sp³-hybridized carbons (Fsp3) is 0.647. The van der Waals surface area contributed by atoms with Crippen molar-refractivity contribution in [3.05, 3.63) is 24.3 Å². The van der Waals surface area contributed by atoms with Gasteiger partial charge in [0.05, 0.1) is 11.6 Å². The van der Waals surface area contributed by atoms with Crippen LogP contribution in [0.3, 0.4) is 0 Å². The van der Waals surface area contributed by atoms with Gasteiger partial charge in [0, 0.05) is 50.7 Å². The number of amides is 2. The first-order valence-electron chi connectivity index (χ1n) is 8.80. The van der Waals surface area contributed by atoms with Gasteiger partial charge in [-0.1, -0.05) is 0 Å². The third-order valence-corrected chi connectivity index (χ3v) is 4.32. The quantitative estimate of drug-likeness (QED) is 0.758. The molecule has 27 heavy (non-hydrogen) atoms. The number of nitrogens with zero attached hydrogens (tertiary/aromatic N) is 3. The van der Waals surface area contributed by atoms with Gasteiger partial charge in [-0.05, 0) is 19.9 Å². The molecule has 2 heterocycles. The van der Waals surface area contributed by atoms with Crippen LogP contribution in [-0.2, 0) is 16.0 Å². The number of nitrogens with one attached hydrogen (secondary N) is 2. The number of halogens is 3. The molecule has 0 saturated carbocycles.